The van der Waals surface area contributed by atoms with Gasteiger partial charge in [0.2, 0.25) is 0 Å². The fraction of sp³-hybridized carbons (Fsp3) is 0.150. The first-order valence-corrected chi connectivity index (χ1v) is 10.0. The SMILES string of the molecule is CN1C=C(C(=O)Nc2ccc(Br)cc2F)C2NC(=O)N(c3ccc(Cl)cc3)C(=O)C21. The maximum Gasteiger partial charge on any atom is 0.329 e. The van der Waals surface area contributed by atoms with Gasteiger partial charge in [-0.1, -0.05) is 27.5 Å². The van der Waals surface area contributed by atoms with Crippen molar-refractivity contribution in [1.82, 2.24) is 10.2 Å². The number of nitrogens with zero attached hydrogens (tertiary/aromatic N) is 2. The number of rotatable bonds is 3. The summed E-state index contributed by atoms with van der Waals surface area (Å²) in [6.07, 6.45) is 1.48. The lowest BCUT2D eigenvalue weighted by Gasteiger charge is -2.37. The van der Waals surface area contributed by atoms with Crippen LogP contribution in [0.3, 0.4) is 0 Å². The second-order valence-corrected chi connectivity index (χ2v) is 8.20. The summed E-state index contributed by atoms with van der Waals surface area (Å²) in [4.78, 5) is 41.1. The Bertz CT molecular complexity index is 1090. The molecule has 154 valence electrons. The number of halogens is 3. The number of fused-ring (bicyclic) bond motifs is 1. The molecule has 2 aliphatic rings. The van der Waals surface area contributed by atoms with Gasteiger partial charge >= 0.3 is 6.03 Å². The molecule has 10 heteroatoms. The van der Waals surface area contributed by atoms with Crippen molar-refractivity contribution >= 4 is 56.8 Å². The predicted octanol–water partition coefficient (Wildman–Crippen LogP) is 3.50. The summed E-state index contributed by atoms with van der Waals surface area (Å²) in [5.74, 6) is -1.70. The number of carbonyl (C=O) groups excluding carboxylic acids is 3. The number of anilines is 2. The van der Waals surface area contributed by atoms with Gasteiger partial charge in [0, 0.05) is 22.7 Å². The van der Waals surface area contributed by atoms with E-state index in [0.29, 0.717) is 15.2 Å². The average Bonchev–Trinajstić information content (AvgIpc) is 3.02. The highest BCUT2D eigenvalue weighted by Crippen LogP contribution is 2.30. The summed E-state index contributed by atoms with van der Waals surface area (Å²) in [6, 6.07) is 8.17. The lowest BCUT2D eigenvalue weighted by Crippen LogP contribution is -2.65. The lowest BCUT2D eigenvalue weighted by atomic mass is 9.99. The fourth-order valence-corrected chi connectivity index (χ4v) is 3.97. The zero-order valence-corrected chi connectivity index (χ0v) is 17.9. The number of hydrogen-bond donors (Lipinski definition) is 2. The minimum atomic E-state index is -0.864. The fourth-order valence-electron chi connectivity index (χ4n) is 3.51. The summed E-state index contributed by atoms with van der Waals surface area (Å²) in [7, 11) is 1.63. The summed E-state index contributed by atoms with van der Waals surface area (Å²) in [6.45, 7) is 0. The van der Waals surface area contributed by atoms with Crippen molar-refractivity contribution in [1.29, 1.82) is 0 Å². The van der Waals surface area contributed by atoms with Crippen LogP contribution in [0.5, 0.6) is 0 Å². The van der Waals surface area contributed by atoms with Gasteiger partial charge in [-0.15, -0.1) is 0 Å². The summed E-state index contributed by atoms with van der Waals surface area (Å²) in [5.41, 5.74) is 0.511. The van der Waals surface area contributed by atoms with Gasteiger partial charge in [-0.25, -0.2) is 14.1 Å². The van der Waals surface area contributed by atoms with Crippen LogP contribution in [0.25, 0.3) is 0 Å². The first-order valence-electron chi connectivity index (χ1n) is 8.86. The third-order valence-corrected chi connectivity index (χ3v) is 5.66. The Morgan fingerprint density at radius 3 is 2.57 bits per heavy atom. The number of amides is 4. The van der Waals surface area contributed by atoms with Gasteiger partial charge in [0.25, 0.3) is 11.8 Å². The second-order valence-electron chi connectivity index (χ2n) is 6.85. The van der Waals surface area contributed by atoms with E-state index in [9.17, 15) is 18.8 Å². The van der Waals surface area contributed by atoms with Crippen molar-refractivity contribution in [2.24, 2.45) is 0 Å². The summed E-state index contributed by atoms with van der Waals surface area (Å²) < 4.78 is 14.6. The van der Waals surface area contributed by atoms with Crippen LogP contribution in [-0.2, 0) is 9.59 Å². The number of imide groups is 1. The molecule has 0 aliphatic carbocycles. The van der Waals surface area contributed by atoms with E-state index in [0.717, 1.165) is 4.90 Å². The molecule has 2 N–H and O–H groups in total. The van der Waals surface area contributed by atoms with E-state index in [2.05, 4.69) is 26.6 Å². The molecule has 0 bridgehead atoms. The van der Waals surface area contributed by atoms with Crippen molar-refractivity contribution < 1.29 is 18.8 Å². The number of nitrogens with one attached hydrogen (secondary N) is 2. The molecule has 2 aliphatic heterocycles. The number of likely N-dealkylation sites (N-methyl/N-ethyl adjacent to an activating group) is 1. The Morgan fingerprint density at radius 2 is 1.90 bits per heavy atom. The molecule has 4 amide bonds. The lowest BCUT2D eigenvalue weighted by molar-refractivity contribution is -0.122. The van der Waals surface area contributed by atoms with E-state index in [4.69, 9.17) is 11.6 Å². The van der Waals surface area contributed by atoms with Crippen LogP contribution in [0.1, 0.15) is 0 Å². The zero-order chi connectivity index (χ0) is 21.6. The van der Waals surface area contributed by atoms with Gasteiger partial charge in [-0.05, 0) is 42.5 Å². The molecule has 7 nitrogen and oxygen atoms in total. The monoisotopic (exact) mass is 492 g/mol. The van der Waals surface area contributed by atoms with Gasteiger partial charge in [0.05, 0.1) is 23.0 Å². The molecular weight excluding hydrogens is 479 g/mol. The molecule has 0 saturated carbocycles. The van der Waals surface area contributed by atoms with Crippen LogP contribution >= 0.6 is 27.5 Å². The molecule has 2 aromatic rings. The quantitative estimate of drug-likeness (QED) is 0.686. The average molecular weight is 494 g/mol. The van der Waals surface area contributed by atoms with Gasteiger partial charge in [-0.3, -0.25) is 9.59 Å². The van der Waals surface area contributed by atoms with Crippen molar-refractivity contribution in [2.75, 3.05) is 17.3 Å². The standard InChI is InChI=1S/C20H15BrClFN4O3/c1-26-9-13(18(28)24-15-7-2-10(21)8-14(15)23)16-17(26)19(29)27(20(30)25-16)12-5-3-11(22)4-6-12/h2-9,16-17H,1H3,(H,24,28)(H,25,30). The van der Waals surface area contributed by atoms with Crippen molar-refractivity contribution in [3.8, 4) is 0 Å². The highest BCUT2D eigenvalue weighted by Gasteiger charge is 2.49. The minimum Gasteiger partial charge on any atom is -0.366 e. The van der Waals surface area contributed by atoms with Gasteiger partial charge in [-0.2, -0.15) is 0 Å². The Hall–Kier alpha value is -2.91. The van der Waals surface area contributed by atoms with Crippen molar-refractivity contribution in [2.45, 2.75) is 12.1 Å². The van der Waals surface area contributed by atoms with E-state index in [1.54, 1.807) is 42.3 Å². The summed E-state index contributed by atoms with van der Waals surface area (Å²) >= 11 is 9.04. The smallest absolute Gasteiger partial charge is 0.329 e. The van der Waals surface area contributed by atoms with Crippen LogP contribution in [0.15, 0.2) is 58.7 Å². The van der Waals surface area contributed by atoms with E-state index in [-0.39, 0.29) is 11.3 Å². The van der Waals surface area contributed by atoms with Crippen LogP contribution in [0.2, 0.25) is 5.02 Å². The maximum absolute atomic E-state index is 14.1. The molecule has 0 radical (unpaired) electrons. The minimum absolute atomic E-state index is 0.00791. The third kappa shape index (κ3) is 3.54. The summed E-state index contributed by atoms with van der Waals surface area (Å²) in [5, 5.41) is 5.67. The Balaban J connectivity index is 1.58. The zero-order valence-electron chi connectivity index (χ0n) is 15.5. The number of carbonyl (C=O) groups is 3. The van der Waals surface area contributed by atoms with Crippen LogP contribution < -0.4 is 15.5 Å². The number of urea groups is 1. The first kappa shape index (κ1) is 20.4. The molecule has 30 heavy (non-hydrogen) atoms. The number of hydrogen-bond acceptors (Lipinski definition) is 4. The molecule has 2 heterocycles. The van der Waals surface area contributed by atoms with Crippen LogP contribution in [0, 0.1) is 5.82 Å². The molecule has 2 aromatic carbocycles. The molecule has 2 atom stereocenters. The molecule has 1 fully saturated rings. The Morgan fingerprint density at radius 1 is 1.20 bits per heavy atom. The van der Waals surface area contributed by atoms with Crippen molar-refractivity contribution in [3.05, 3.63) is 69.6 Å². The molecule has 1 saturated heterocycles. The largest absolute Gasteiger partial charge is 0.366 e. The maximum atomic E-state index is 14.1. The number of benzene rings is 2. The van der Waals surface area contributed by atoms with Gasteiger partial charge in [0.15, 0.2) is 0 Å². The molecule has 2 unspecified atom stereocenters. The van der Waals surface area contributed by atoms with E-state index in [1.165, 1.54) is 18.3 Å². The highest BCUT2D eigenvalue weighted by atomic mass is 79.9. The second kappa shape index (κ2) is 7.73. The first-order chi connectivity index (χ1) is 14.3. The van der Waals surface area contributed by atoms with Gasteiger partial charge < -0.3 is 15.5 Å². The van der Waals surface area contributed by atoms with E-state index in [1.807, 2.05) is 0 Å². The molecule has 4 rings (SSSR count). The Kier molecular flexibility index (Phi) is 5.25. The van der Waals surface area contributed by atoms with E-state index >= 15 is 0 Å². The molecule has 0 aromatic heterocycles. The van der Waals surface area contributed by atoms with Crippen molar-refractivity contribution in [3.63, 3.8) is 0 Å². The van der Waals surface area contributed by atoms with Gasteiger partial charge in [0.1, 0.15) is 11.9 Å². The highest BCUT2D eigenvalue weighted by molar-refractivity contribution is 9.10. The van der Waals surface area contributed by atoms with Crippen LogP contribution in [-0.4, -0.2) is 41.9 Å². The van der Waals surface area contributed by atoms with Crippen LogP contribution in [0.4, 0.5) is 20.6 Å². The Labute approximate surface area is 184 Å². The topological polar surface area (TPSA) is 81.8 Å². The molecular formula is C20H15BrClFN4O3. The van der Waals surface area contributed by atoms with E-state index < -0.39 is 35.7 Å². The normalized spacial score (nSPS) is 20.6. The molecule has 0 spiro atoms. The predicted molar refractivity (Wildman–Crippen MR) is 114 cm³/mol. The third-order valence-electron chi connectivity index (χ3n) is 4.91.